The van der Waals surface area contributed by atoms with Crippen LogP contribution in [0.25, 0.3) is 0 Å². The van der Waals surface area contributed by atoms with E-state index in [0.29, 0.717) is 18.4 Å². The van der Waals surface area contributed by atoms with Gasteiger partial charge in [0.25, 0.3) is 0 Å². The Morgan fingerprint density at radius 1 is 1.12 bits per heavy atom. The van der Waals surface area contributed by atoms with Gasteiger partial charge in [-0.25, -0.2) is 9.59 Å². The van der Waals surface area contributed by atoms with E-state index >= 15 is 0 Å². The maximum atomic E-state index is 13.7. The lowest BCUT2D eigenvalue weighted by Crippen LogP contribution is -2.65. The smallest absolute Gasteiger partial charge is 0.363 e. The Balaban J connectivity index is 1.78. The van der Waals surface area contributed by atoms with Gasteiger partial charge in [0.1, 0.15) is 18.6 Å². The fourth-order valence-electron chi connectivity index (χ4n) is 4.30. The summed E-state index contributed by atoms with van der Waals surface area (Å²) in [4.78, 5) is 37.8. The quantitative estimate of drug-likeness (QED) is 0.340. The molecule has 0 aromatic heterocycles. The second-order valence-corrected chi connectivity index (χ2v) is 8.34. The molecule has 33 heavy (non-hydrogen) atoms. The van der Waals surface area contributed by atoms with Crippen LogP contribution in [0.3, 0.4) is 0 Å². The zero-order chi connectivity index (χ0) is 24.0. The third kappa shape index (κ3) is 5.65. The maximum absolute atomic E-state index is 13.7. The highest BCUT2D eigenvalue weighted by atomic mass is 16.6. The van der Waals surface area contributed by atoms with Crippen molar-refractivity contribution in [2.24, 2.45) is 0 Å². The van der Waals surface area contributed by atoms with E-state index in [1.165, 1.54) is 6.92 Å². The molecule has 8 nitrogen and oxygen atoms in total. The number of benzene rings is 2. The van der Waals surface area contributed by atoms with E-state index in [0.717, 1.165) is 11.1 Å². The number of ether oxygens (including phenoxy) is 1. The summed E-state index contributed by atoms with van der Waals surface area (Å²) in [5, 5.41) is 26.4. The number of nitrogens with one attached hydrogen (secondary N) is 1. The normalized spacial score (nSPS) is 21.5. The van der Waals surface area contributed by atoms with E-state index in [4.69, 9.17) is 4.74 Å². The van der Waals surface area contributed by atoms with Crippen LogP contribution in [0.4, 0.5) is 0 Å². The van der Waals surface area contributed by atoms with Crippen LogP contribution in [0.5, 0.6) is 0 Å². The first kappa shape index (κ1) is 24.6. The van der Waals surface area contributed by atoms with Gasteiger partial charge in [0.05, 0.1) is 6.61 Å². The van der Waals surface area contributed by atoms with Crippen molar-refractivity contribution < 1.29 is 28.9 Å². The molecular formula is C25H30N2O6. The molecular weight excluding hydrogens is 424 g/mol. The molecule has 1 aliphatic heterocycles. The lowest BCUT2D eigenvalue weighted by atomic mass is 9.92. The third-order valence-corrected chi connectivity index (χ3v) is 6.06. The lowest BCUT2D eigenvalue weighted by Gasteiger charge is -2.48. The molecule has 3 rings (SSSR count). The van der Waals surface area contributed by atoms with Crippen molar-refractivity contribution in [3.05, 3.63) is 76.5 Å². The number of carboxylic acid groups (broad SMARTS) is 1. The van der Waals surface area contributed by atoms with Gasteiger partial charge in [-0.3, -0.25) is 14.8 Å². The van der Waals surface area contributed by atoms with Crippen molar-refractivity contribution in [3.63, 3.8) is 0 Å². The average Bonchev–Trinajstić information content (AvgIpc) is 2.81. The first-order valence-electron chi connectivity index (χ1n) is 11.2. The first-order chi connectivity index (χ1) is 15.8. The number of rotatable bonds is 9. The molecule has 1 unspecified atom stereocenters. The highest BCUT2D eigenvalue weighted by Gasteiger charge is 2.47. The molecule has 0 fully saturated rings. The number of aryl methyl sites for hydroxylation is 1. The summed E-state index contributed by atoms with van der Waals surface area (Å²) >= 11 is 0. The molecule has 4 atom stereocenters. The highest BCUT2D eigenvalue weighted by Crippen LogP contribution is 2.31. The first-order valence-corrected chi connectivity index (χ1v) is 11.2. The number of carbonyl (C=O) groups is 3. The molecule has 0 bridgehead atoms. The number of carboxylic acids is 1. The van der Waals surface area contributed by atoms with Crippen molar-refractivity contribution in [1.29, 1.82) is 0 Å². The van der Waals surface area contributed by atoms with Crippen LogP contribution in [0, 0.1) is 5.21 Å². The molecule has 176 valence electrons. The lowest BCUT2D eigenvalue weighted by molar-refractivity contribution is -0.839. The standard InChI is InChI=1S/C25H30N2O6/c1-3-33-25(31)21(14-13-18-9-5-4-6-10-18)26-17(2)23(28)27(32)16-20-12-8-7-11-19(20)15-22(27)24(29)30/h4-12,17,21-22,26H,3,13-16H2,1-2H3,(H,29,30)/t17-,21-,22-,27?/m0/s1. The van der Waals surface area contributed by atoms with Gasteiger partial charge in [-0.1, -0.05) is 54.6 Å². The summed E-state index contributed by atoms with van der Waals surface area (Å²) in [5.74, 6) is -2.64. The van der Waals surface area contributed by atoms with Crippen molar-refractivity contribution in [3.8, 4) is 0 Å². The zero-order valence-corrected chi connectivity index (χ0v) is 18.9. The minimum absolute atomic E-state index is 0.0250. The average molecular weight is 455 g/mol. The number of quaternary nitrogens is 1. The van der Waals surface area contributed by atoms with Crippen molar-refractivity contribution in [2.75, 3.05) is 6.61 Å². The van der Waals surface area contributed by atoms with Crippen LogP contribution >= 0.6 is 0 Å². The number of hydrogen-bond acceptors (Lipinski definition) is 6. The Morgan fingerprint density at radius 3 is 2.39 bits per heavy atom. The highest BCUT2D eigenvalue weighted by molar-refractivity contribution is 5.82. The number of hydrogen-bond donors (Lipinski definition) is 2. The summed E-state index contributed by atoms with van der Waals surface area (Å²) in [6, 6.07) is 13.4. The molecule has 1 aliphatic rings. The Labute approximate surface area is 193 Å². The largest absolute Gasteiger partial charge is 0.624 e. The SMILES string of the molecule is CCOC(=O)[C@H](CCc1ccccc1)N[C@@H](C)C(=O)[N+]1([O-])Cc2ccccc2C[C@H]1C(=O)O. The second kappa shape index (κ2) is 10.7. The summed E-state index contributed by atoms with van der Waals surface area (Å²) in [6.07, 6.45) is 0.911. The van der Waals surface area contributed by atoms with Crippen LogP contribution in [-0.2, 0) is 38.5 Å². The molecule has 2 N–H and O–H groups in total. The number of esters is 1. The van der Waals surface area contributed by atoms with Gasteiger partial charge in [-0.15, -0.1) is 0 Å². The number of aliphatic carboxylic acids is 1. The number of nitrogens with zero attached hydrogens (tertiary/aromatic N) is 1. The van der Waals surface area contributed by atoms with Crippen LogP contribution in [-0.4, -0.2) is 52.3 Å². The zero-order valence-electron chi connectivity index (χ0n) is 18.9. The minimum Gasteiger partial charge on any atom is -0.624 e. The number of fused-ring (bicyclic) bond motifs is 1. The minimum atomic E-state index is -1.51. The molecule has 8 heteroatoms. The summed E-state index contributed by atoms with van der Waals surface area (Å²) in [6.45, 7) is 3.12. The molecule has 1 amide bonds. The van der Waals surface area contributed by atoms with E-state index in [2.05, 4.69) is 5.32 Å². The molecule has 0 aliphatic carbocycles. The van der Waals surface area contributed by atoms with Crippen LogP contribution in [0.1, 0.15) is 37.0 Å². The molecule has 1 heterocycles. The van der Waals surface area contributed by atoms with Crippen molar-refractivity contribution in [1.82, 2.24) is 5.32 Å². The fourth-order valence-corrected chi connectivity index (χ4v) is 4.30. The molecule has 0 radical (unpaired) electrons. The Kier molecular flexibility index (Phi) is 7.97. The van der Waals surface area contributed by atoms with E-state index in [1.54, 1.807) is 31.2 Å². The molecule has 2 aromatic carbocycles. The van der Waals surface area contributed by atoms with Crippen LogP contribution in [0.2, 0.25) is 0 Å². The van der Waals surface area contributed by atoms with Gasteiger partial charge in [0.15, 0.2) is 6.04 Å². The van der Waals surface area contributed by atoms with E-state index in [9.17, 15) is 24.7 Å². The number of hydroxylamine groups is 3. The van der Waals surface area contributed by atoms with Crippen molar-refractivity contribution >= 4 is 17.8 Å². The topological polar surface area (TPSA) is 116 Å². The monoisotopic (exact) mass is 454 g/mol. The van der Waals surface area contributed by atoms with E-state index in [1.807, 2.05) is 30.3 Å². The van der Waals surface area contributed by atoms with Gasteiger partial charge < -0.3 is 15.1 Å². The second-order valence-electron chi connectivity index (χ2n) is 8.34. The predicted octanol–water partition coefficient (Wildman–Crippen LogP) is 2.58. The summed E-state index contributed by atoms with van der Waals surface area (Å²) in [5.41, 5.74) is 2.45. The Hall–Kier alpha value is -3.07. The predicted molar refractivity (Wildman–Crippen MR) is 122 cm³/mol. The van der Waals surface area contributed by atoms with Crippen LogP contribution < -0.4 is 5.32 Å². The molecule has 0 saturated heterocycles. The molecule has 0 saturated carbocycles. The van der Waals surface area contributed by atoms with Gasteiger partial charge >= 0.3 is 17.8 Å². The van der Waals surface area contributed by atoms with Gasteiger partial charge in [0.2, 0.25) is 0 Å². The van der Waals surface area contributed by atoms with Crippen molar-refractivity contribution in [2.45, 2.75) is 57.8 Å². The maximum Gasteiger partial charge on any atom is 0.363 e. The van der Waals surface area contributed by atoms with Gasteiger partial charge in [-0.05, 0) is 37.8 Å². The summed E-state index contributed by atoms with van der Waals surface area (Å²) < 4.78 is 3.65. The van der Waals surface area contributed by atoms with E-state index in [-0.39, 0.29) is 19.6 Å². The number of carbonyl (C=O) groups excluding carboxylic acids is 2. The fraction of sp³-hybridized carbons (Fsp3) is 0.400. The Morgan fingerprint density at radius 2 is 1.76 bits per heavy atom. The van der Waals surface area contributed by atoms with Gasteiger partial charge in [0, 0.05) is 12.0 Å². The molecule has 2 aromatic rings. The number of amides is 1. The molecule has 0 spiro atoms. The third-order valence-electron chi connectivity index (χ3n) is 6.06. The Bertz CT molecular complexity index is 995. The van der Waals surface area contributed by atoms with Crippen LogP contribution in [0.15, 0.2) is 54.6 Å². The summed E-state index contributed by atoms with van der Waals surface area (Å²) in [7, 11) is 0. The van der Waals surface area contributed by atoms with Gasteiger partial charge in [-0.2, -0.15) is 0 Å². The van der Waals surface area contributed by atoms with E-state index < -0.39 is 40.6 Å².